The molecular formula is C10H13Br2NOS. The second kappa shape index (κ2) is 7.41. The van der Waals surface area contributed by atoms with Crippen molar-refractivity contribution in [2.45, 2.75) is 25.8 Å². The fraction of sp³-hybridized carbons (Fsp3) is 0.500. The molecule has 0 atom stereocenters. The number of hydrogen-bond donors (Lipinski definition) is 1. The maximum Gasteiger partial charge on any atom is 0.220 e. The number of unbranched alkanes of at least 4 members (excludes halogenated alkanes) is 1. The monoisotopic (exact) mass is 353 g/mol. The van der Waals surface area contributed by atoms with Crippen LogP contribution in [0.4, 0.5) is 0 Å². The van der Waals surface area contributed by atoms with E-state index < -0.39 is 0 Å². The predicted molar refractivity (Wildman–Crippen MR) is 71.5 cm³/mol. The van der Waals surface area contributed by atoms with Gasteiger partial charge in [-0.15, -0.1) is 11.3 Å². The van der Waals surface area contributed by atoms with Gasteiger partial charge < -0.3 is 5.32 Å². The van der Waals surface area contributed by atoms with E-state index in [1.54, 1.807) is 11.3 Å². The number of rotatable bonds is 6. The Bertz CT molecular complexity index is 314. The Hall–Kier alpha value is 0.130. The van der Waals surface area contributed by atoms with Gasteiger partial charge in [0.15, 0.2) is 0 Å². The molecule has 0 saturated heterocycles. The molecule has 0 aliphatic heterocycles. The zero-order valence-electron chi connectivity index (χ0n) is 8.26. The minimum atomic E-state index is 0.139. The van der Waals surface area contributed by atoms with Crippen molar-refractivity contribution >= 4 is 49.1 Å². The van der Waals surface area contributed by atoms with Gasteiger partial charge in [-0.1, -0.05) is 15.9 Å². The largest absolute Gasteiger partial charge is 0.351 e. The summed E-state index contributed by atoms with van der Waals surface area (Å²) in [4.78, 5) is 12.5. The Morgan fingerprint density at radius 1 is 1.47 bits per heavy atom. The number of thiophene rings is 1. The van der Waals surface area contributed by atoms with Crippen LogP contribution in [-0.4, -0.2) is 11.2 Å². The highest BCUT2D eigenvalue weighted by Gasteiger charge is 2.02. The van der Waals surface area contributed by atoms with Gasteiger partial charge in [0.05, 0.1) is 6.54 Å². The molecule has 0 aliphatic carbocycles. The van der Waals surface area contributed by atoms with Crippen LogP contribution < -0.4 is 5.32 Å². The van der Waals surface area contributed by atoms with Crippen molar-refractivity contribution < 1.29 is 4.79 Å². The summed E-state index contributed by atoms with van der Waals surface area (Å²) in [6.45, 7) is 0.642. The van der Waals surface area contributed by atoms with E-state index in [4.69, 9.17) is 0 Å². The van der Waals surface area contributed by atoms with Crippen molar-refractivity contribution in [2.24, 2.45) is 0 Å². The minimum Gasteiger partial charge on any atom is -0.351 e. The summed E-state index contributed by atoms with van der Waals surface area (Å²) in [6, 6.07) is 2.03. The smallest absolute Gasteiger partial charge is 0.220 e. The zero-order valence-corrected chi connectivity index (χ0v) is 12.3. The highest BCUT2D eigenvalue weighted by molar-refractivity contribution is 9.10. The fourth-order valence-corrected chi connectivity index (χ4v) is 2.89. The minimum absolute atomic E-state index is 0.139. The summed E-state index contributed by atoms with van der Waals surface area (Å²) < 4.78 is 1.08. The third-order valence-electron chi connectivity index (χ3n) is 1.87. The summed E-state index contributed by atoms with van der Waals surface area (Å²) in [5.41, 5.74) is 0. The molecule has 0 radical (unpaired) electrons. The lowest BCUT2D eigenvalue weighted by Crippen LogP contribution is -2.21. The first-order chi connectivity index (χ1) is 7.22. The second-order valence-electron chi connectivity index (χ2n) is 3.15. The van der Waals surface area contributed by atoms with Gasteiger partial charge in [0.2, 0.25) is 5.91 Å². The Morgan fingerprint density at radius 3 is 2.87 bits per heavy atom. The van der Waals surface area contributed by atoms with Crippen molar-refractivity contribution in [1.29, 1.82) is 0 Å². The number of alkyl halides is 1. The van der Waals surface area contributed by atoms with E-state index in [2.05, 4.69) is 37.2 Å². The number of carbonyl (C=O) groups is 1. The van der Waals surface area contributed by atoms with E-state index >= 15 is 0 Å². The first-order valence-corrected chi connectivity index (χ1v) is 7.57. The quantitative estimate of drug-likeness (QED) is 0.612. The van der Waals surface area contributed by atoms with E-state index in [1.165, 1.54) is 4.88 Å². The van der Waals surface area contributed by atoms with Crippen molar-refractivity contribution in [3.05, 3.63) is 20.8 Å². The molecule has 1 amide bonds. The van der Waals surface area contributed by atoms with Gasteiger partial charge in [0, 0.05) is 26.5 Å². The number of nitrogens with one attached hydrogen (secondary N) is 1. The number of amides is 1. The Balaban J connectivity index is 2.16. The van der Waals surface area contributed by atoms with Crippen LogP contribution in [0, 0.1) is 0 Å². The van der Waals surface area contributed by atoms with Gasteiger partial charge in [0.1, 0.15) is 0 Å². The number of carbonyl (C=O) groups excluding carboxylic acids is 1. The normalized spacial score (nSPS) is 10.3. The van der Waals surface area contributed by atoms with Crippen molar-refractivity contribution in [3.8, 4) is 0 Å². The van der Waals surface area contributed by atoms with Gasteiger partial charge in [-0.25, -0.2) is 0 Å². The van der Waals surface area contributed by atoms with E-state index in [0.29, 0.717) is 13.0 Å². The van der Waals surface area contributed by atoms with Gasteiger partial charge in [-0.2, -0.15) is 0 Å². The van der Waals surface area contributed by atoms with Crippen LogP contribution in [0.1, 0.15) is 24.1 Å². The Morgan fingerprint density at radius 2 is 2.27 bits per heavy atom. The molecule has 0 bridgehead atoms. The molecule has 1 N–H and O–H groups in total. The van der Waals surface area contributed by atoms with Crippen LogP contribution in [0.15, 0.2) is 15.9 Å². The molecule has 0 saturated carbocycles. The summed E-state index contributed by atoms with van der Waals surface area (Å²) in [7, 11) is 0. The first kappa shape index (κ1) is 13.2. The summed E-state index contributed by atoms with van der Waals surface area (Å²) in [5, 5.41) is 5.90. The third-order valence-corrected chi connectivity index (χ3v) is 4.13. The standard InChI is InChI=1S/C10H13Br2NOS/c11-4-2-1-3-10(14)13-6-9-5-8(12)7-15-9/h5,7H,1-4,6H2,(H,13,14). The van der Waals surface area contributed by atoms with E-state index in [1.807, 2.05) is 11.4 Å². The van der Waals surface area contributed by atoms with E-state index in [9.17, 15) is 4.79 Å². The molecule has 84 valence electrons. The molecule has 0 aromatic carbocycles. The molecule has 2 nitrogen and oxygen atoms in total. The molecule has 0 fully saturated rings. The maximum atomic E-state index is 11.4. The van der Waals surface area contributed by atoms with Crippen molar-refractivity contribution in [3.63, 3.8) is 0 Å². The van der Waals surface area contributed by atoms with E-state index in [-0.39, 0.29) is 5.91 Å². The topological polar surface area (TPSA) is 29.1 Å². The second-order valence-corrected chi connectivity index (χ2v) is 5.86. The maximum absolute atomic E-state index is 11.4. The fourth-order valence-electron chi connectivity index (χ4n) is 1.10. The molecular weight excluding hydrogens is 342 g/mol. The Labute approximate surface area is 111 Å². The molecule has 5 heteroatoms. The van der Waals surface area contributed by atoms with Crippen LogP contribution in [-0.2, 0) is 11.3 Å². The van der Waals surface area contributed by atoms with Crippen LogP contribution >= 0.6 is 43.2 Å². The van der Waals surface area contributed by atoms with Gasteiger partial charge in [-0.05, 0) is 34.8 Å². The average Bonchev–Trinajstić information content (AvgIpc) is 2.62. The third kappa shape index (κ3) is 5.68. The molecule has 0 aliphatic rings. The summed E-state index contributed by atoms with van der Waals surface area (Å²) in [5.74, 6) is 0.139. The molecule has 15 heavy (non-hydrogen) atoms. The first-order valence-electron chi connectivity index (χ1n) is 4.78. The predicted octanol–water partition coefficient (Wildman–Crippen LogP) is 3.69. The molecule has 0 spiro atoms. The number of hydrogen-bond acceptors (Lipinski definition) is 2. The molecule has 1 aromatic heterocycles. The average molecular weight is 355 g/mol. The zero-order chi connectivity index (χ0) is 11.1. The van der Waals surface area contributed by atoms with Gasteiger partial charge in [-0.3, -0.25) is 4.79 Å². The SMILES string of the molecule is O=C(CCCCBr)NCc1cc(Br)cs1. The van der Waals surface area contributed by atoms with Crippen LogP contribution in [0.5, 0.6) is 0 Å². The molecule has 1 rings (SSSR count). The molecule has 0 unspecified atom stereocenters. The Kier molecular flexibility index (Phi) is 6.52. The van der Waals surface area contributed by atoms with E-state index in [0.717, 1.165) is 22.6 Å². The highest BCUT2D eigenvalue weighted by Crippen LogP contribution is 2.19. The van der Waals surface area contributed by atoms with Crippen LogP contribution in [0.3, 0.4) is 0 Å². The summed E-state index contributed by atoms with van der Waals surface area (Å²) in [6.07, 6.45) is 2.63. The molecule has 1 aromatic rings. The lowest BCUT2D eigenvalue weighted by molar-refractivity contribution is -0.121. The highest BCUT2D eigenvalue weighted by atomic mass is 79.9. The van der Waals surface area contributed by atoms with Crippen molar-refractivity contribution in [1.82, 2.24) is 5.32 Å². The lowest BCUT2D eigenvalue weighted by Gasteiger charge is -2.02. The van der Waals surface area contributed by atoms with Gasteiger partial charge in [0.25, 0.3) is 0 Å². The van der Waals surface area contributed by atoms with Gasteiger partial charge >= 0.3 is 0 Å². The summed E-state index contributed by atoms with van der Waals surface area (Å²) >= 11 is 8.38. The van der Waals surface area contributed by atoms with Crippen LogP contribution in [0.2, 0.25) is 0 Å². The lowest BCUT2D eigenvalue weighted by atomic mass is 10.2. The molecule has 1 heterocycles. The number of halogens is 2. The van der Waals surface area contributed by atoms with Crippen LogP contribution in [0.25, 0.3) is 0 Å². The van der Waals surface area contributed by atoms with Crippen molar-refractivity contribution in [2.75, 3.05) is 5.33 Å².